The molecule has 9 heteroatoms. The van der Waals surface area contributed by atoms with Crippen LogP contribution in [0.5, 0.6) is 5.75 Å². The molecule has 1 amide bonds. The van der Waals surface area contributed by atoms with Crippen LogP contribution in [0.1, 0.15) is 17.3 Å². The Morgan fingerprint density at radius 3 is 2.68 bits per heavy atom. The second-order valence-electron chi connectivity index (χ2n) is 4.76. The lowest BCUT2D eigenvalue weighted by atomic mass is 10.2. The molecule has 0 unspecified atom stereocenters. The van der Waals surface area contributed by atoms with Gasteiger partial charge in [-0.3, -0.25) is 14.9 Å². The number of ether oxygens (including phenoxy) is 2. The molecule has 0 saturated heterocycles. The van der Waals surface area contributed by atoms with Crippen LogP contribution in [-0.2, 0) is 4.74 Å². The minimum atomic E-state index is -0.643. The average Bonchev–Trinajstić information content (AvgIpc) is 2.61. The number of anilines is 1. The summed E-state index contributed by atoms with van der Waals surface area (Å²) in [6, 6.07) is 9.84. The molecule has 7 nitrogen and oxygen atoms in total. The van der Waals surface area contributed by atoms with Crippen molar-refractivity contribution < 1.29 is 19.2 Å². The van der Waals surface area contributed by atoms with Gasteiger partial charge in [0, 0.05) is 42.1 Å². The first-order valence-electron chi connectivity index (χ1n) is 7.18. The van der Waals surface area contributed by atoms with Crippen molar-refractivity contribution in [2.24, 2.45) is 0 Å². The molecule has 0 aliphatic rings. The number of halogens is 2. The molecule has 0 N–H and O–H groups in total. The predicted molar refractivity (Wildman–Crippen MR) is 94.3 cm³/mol. The fourth-order valence-corrected chi connectivity index (χ4v) is 2.45. The highest BCUT2D eigenvalue weighted by Gasteiger charge is 2.20. The number of carbonyl (C=O) groups excluding carboxylic acids is 1. The van der Waals surface area contributed by atoms with Gasteiger partial charge in [0.15, 0.2) is 6.79 Å². The van der Waals surface area contributed by atoms with Gasteiger partial charge in [-0.1, -0.05) is 17.7 Å². The summed E-state index contributed by atoms with van der Waals surface area (Å²) in [7, 11) is 0. The van der Waals surface area contributed by atoms with E-state index in [1.165, 1.54) is 30.3 Å². The van der Waals surface area contributed by atoms with E-state index in [0.29, 0.717) is 12.4 Å². The number of nitro benzene ring substituents is 1. The van der Waals surface area contributed by atoms with Crippen molar-refractivity contribution in [2.75, 3.05) is 17.8 Å². The van der Waals surface area contributed by atoms with Crippen LogP contribution in [0.2, 0.25) is 5.02 Å². The number of non-ortho nitro benzene ring substituents is 1. The molecule has 25 heavy (non-hydrogen) atoms. The summed E-state index contributed by atoms with van der Waals surface area (Å²) in [4.78, 5) is 22.7. The summed E-state index contributed by atoms with van der Waals surface area (Å²) < 4.78 is 11.2. The molecule has 0 atom stereocenters. The van der Waals surface area contributed by atoms with Crippen molar-refractivity contribution in [3.63, 3.8) is 0 Å². The maximum atomic E-state index is 12.4. The Labute approximate surface area is 153 Å². The number of nitro groups is 1. The predicted octanol–water partition coefficient (Wildman–Crippen LogP) is 4.42. The van der Waals surface area contributed by atoms with Gasteiger partial charge in [-0.15, -0.1) is 0 Å². The van der Waals surface area contributed by atoms with Gasteiger partial charge < -0.3 is 9.47 Å². The lowest BCUT2D eigenvalue weighted by Gasteiger charge is -2.16. The van der Waals surface area contributed by atoms with Crippen LogP contribution in [0.3, 0.4) is 0 Å². The third kappa shape index (κ3) is 4.82. The van der Waals surface area contributed by atoms with Gasteiger partial charge in [-0.05, 0) is 25.1 Å². The summed E-state index contributed by atoms with van der Waals surface area (Å²) in [5.74, 6) is -0.190. The number of benzene rings is 2. The molecular formula is C16H14Cl2N2O5. The van der Waals surface area contributed by atoms with Crippen molar-refractivity contribution in [3.8, 4) is 5.75 Å². The van der Waals surface area contributed by atoms with Crippen molar-refractivity contribution in [2.45, 2.75) is 6.92 Å². The van der Waals surface area contributed by atoms with Crippen LogP contribution in [-0.4, -0.2) is 24.2 Å². The van der Waals surface area contributed by atoms with Gasteiger partial charge in [-0.25, -0.2) is 4.42 Å². The minimum Gasteiger partial charge on any atom is -0.468 e. The molecule has 0 aliphatic heterocycles. The van der Waals surface area contributed by atoms with Crippen LogP contribution in [0.15, 0.2) is 42.5 Å². The molecule has 0 aromatic heterocycles. The summed E-state index contributed by atoms with van der Waals surface area (Å²) in [5, 5.41) is 11.0. The Morgan fingerprint density at radius 1 is 1.28 bits per heavy atom. The summed E-state index contributed by atoms with van der Waals surface area (Å²) in [5.41, 5.74) is 0.0854. The first-order valence-corrected chi connectivity index (χ1v) is 7.90. The molecule has 2 aromatic carbocycles. The number of hydrogen-bond acceptors (Lipinski definition) is 5. The Morgan fingerprint density at radius 2 is 2.04 bits per heavy atom. The van der Waals surface area contributed by atoms with Crippen LogP contribution >= 0.6 is 23.4 Å². The topological polar surface area (TPSA) is 81.9 Å². The fourth-order valence-electron chi connectivity index (χ4n) is 1.90. The zero-order chi connectivity index (χ0) is 18.4. The second-order valence-corrected chi connectivity index (χ2v) is 5.51. The molecule has 0 spiro atoms. The highest BCUT2D eigenvalue weighted by molar-refractivity contribution is 6.43. The SMILES string of the molecule is CCOCOc1ccc(N(Cl)C(=O)c2cccc([N+](=O)[O-])c2)c(Cl)c1. The standard InChI is InChI=1S/C16H14Cl2N2O5/c1-2-24-10-25-13-6-7-15(14(17)9-13)19(18)16(21)11-4-3-5-12(8-11)20(22)23/h3-9H,2,10H2,1H3. The molecule has 0 fully saturated rings. The summed E-state index contributed by atoms with van der Waals surface area (Å²) >= 11 is 12.2. The lowest BCUT2D eigenvalue weighted by molar-refractivity contribution is -0.384. The fraction of sp³-hybridized carbons (Fsp3) is 0.188. The Bertz CT molecular complexity index is 785. The summed E-state index contributed by atoms with van der Waals surface area (Å²) in [6.07, 6.45) is 0. The number of rotatable bonds is 7. The van der Waals surface area contributed by atoms with Crippen LogP contribution in [0, 0.1) is 10.1 Å². The monoisotopic (exact) mass is 384 g/mol. The molecule has 0 heterocycles. The van der Waals surface area contributed by atoms with Crippen LogP contribution in [0.25, 0.3) is 0 Å². The maximum absolute atomic E-state index is 12.4. The molecule has 0 bridgehead atoms. The van der Waals surface area contributed by atoms with Gasteiger partial charge >= 0.3 is 0 Å². The van der Waals surface area contributed by atoms with Gasteiger partial charge in [0.25, 0.3) is 11.6 Å². The largest absolute Gasteiger partial charge is 0.468 e. The van der Waals surface area contributed by atoms with E-state index in [9.17, 15) is 14.9 Å². The molecule has 2 rings (SSSR count). The van der Waals surface area contributed by atoms with E-state index in [-0.39, 0.29) is 28.8 Å². The van der Waals surface area contributed by atoms with E-state index in [1.54, 1.807) is 6.07 Å². The van der Waals surface area contributed by atoms with Gasteiger partial charge in [0.1, 0.15) is 5.75 Å². The van der Waals surface area contributed by atoms with Crippen LogP contribution in [0.4, 0.5) is 11.4 Å². The van der Waals surface area contributed by atoms with Gasteiger partial charge in [0.2, 0.25) is 0 Å². The third-order valence-corrected chi connectivity index (χ3v) is 3.76. The lowest BCUT2D eigenvalue weighted by Crippen LogP contribution is -2.21. The molecule has 0 saturated carbocycles. The van der Waals surface area contributed by atoms with Crippen molar-refractivity contribution >= 4 is 40.7 Å². The third-order valence-electron chi connectivity index (χ3n) is 3.13. The molecule has 0 radical (unpaired) electrons. The minimum absolute atomic E-state index is 0.0666. The number of hydrogen-bond donors (Lipinski definition) is 0. The zero-order valence-electron chi connectivity index (χ0n) is 13.1. The Kier molecular flexibility index (Phi) is 6.58. The average molecular weight is 385 g/mol. The highest BCUT2D eigenvalue weighted by Crippen LogP contribution is 2.32. The van der Waals surface area contributed by atoms with E-state index in [0.717, 1.165) is 10.5 Å². The zero-order valence-corrected chi connectivity index (χ0v) is 14.7. The number of carbonyl (C=O) groups is 1. The molecule has 2 aromatic rings. The van der Waals surface area contributed by atoms with Gasteiger partial charge in [-0.2, -0.15) is 0 Å². The smallest absolute Gasteiger partial charge is 0.273 e. The first kappa shape index (κ1) is 19.0. The first-order chi connectivity index (χ1) is 11.9. The van der Waals surface area contributed by atoms with E-state index in [1.807, 2.05) is 6.92 Å². The van der Waals surface area contributed by atoms with Crippen LogP contribution < -0.4 is 9.16 Å². The van der Waals surface area contributed by atoms with Crippen molar-refractivity contribution in [1.29, 1.82) is 0 Å². The van der Waals surface area contributed by atoms with E-state index >= 15 is 0 Å². The Balaban J connectivity index is 2.19. The normalized spacial score (nSPS) is 10.4. The van der Waals surface area contributed by atoms with E-state index in [2.05, 4.69) is 0 Å². The second kappa shape index (κ2) is 8.66. The maximum Gasteiger partial charge on any atom is 0.273 e. The molecular weight excluding hydrogens is 371 g/mol. The van der Waals surface area contributed by atoms with Gasteiger partial charge in [0.05, 0.1) is 15.6 Å². The van der Waals surface area contributed by atoms with Crippen molar-refractivity contribution in [1.82, 2.24) is 0 Å². The Hall–Kier alpha value is -2.35. The molecule has 0 aliphatic carbocycles. The van der Waals surface area contributed by atoms with E-state index in [4.69, 9.17) is 32.9 Å². The van der Waals surface area contributed by atoms with Crippen molar-refractivity contribution in [3.05, 3.63) is 63.2 Å². The summed E-state index contributed by atoms with van der Waals surface area (Å²) in [6.45, 7) is 2.42. The highest BCUT2D eigenvalue weighted by atomic mass is 35.5. The number of amides is 1. The molecule has 132 valence electrons. The quantitative estimate of drug-likeness (QED) is 0.232. The number of nitrogens with zero attached hydrogens (tertiary/aromatic N) is 2. The van der Waals surface area contributed by atoms with E-state index < -0.39 is 10.8 Å².